The minimum Gasteiger partial charge on any atom is -0.497 e. The standard InChI is InChI=1S/C27H31N3O5S/c1-34-17-5-16-30-26(32)23(28-19-8-12-21(35-2)13-9-19)24(27(30)33)36-22-14-10-20(11-15-22)29-25(31)18-6-3-4-7-18/h8-15,18,28H,3-7,16-17H2,1-2H3,(H,29,31). The van der Waals surface area contributed by atoms with E-state index in [1.54, 1.807) is 38.5 Å². The maximum Gasteiger partial charge on any atom is 0.278 e. The molecule has 0 atom stereocenters. The molecule has 2 aromatic rings. The number of methoxy groups -OCH3 is 2. The van der Waals surface area contributed by atoms with Crippen molar-refractivity contribution < 1.29 is 23.9 Å². The van der Waals surface area contributed by atoms with Crippen molar-refractivity contribution in [1.82, 2.24) is 4.90 Å². The summed E-state index contributed by atoms with van der Waals surface area (Å²) < 4.78 is 10.3. The summed E-state index contributed by atoms with van der Waals surface area (Å²) in [6.45, 7) is 0.727. The normalized spacial score (nSPS) is 16.1. The fraction of sp³-hybridized carbons (Fsp3) is 0.370. The Labute approximate surface area is 215 Å². The van der Waals surface area contributed by atoms with Gasteiger partial charge in [-0.25, -0.2) is 0 Å². The largest absolute Gasteiger partial charge is 0.497 e. The van der Waals surface area contributed by atoms with Crippen LogP contribution in [-0.4, -0.2) is 50.0 Å². The zero-order valence-corrected chi connectivity index (χ0v) is 21.4. The van der Waals surface area contributed by atoms with E-state index < -0.39 is 0 Å². The Bertz CT molecular complexity index is 1130. The zero-order chi connectivity index (χ0) is 25.5. The van der Waals surface area contributed by atoms with Crippen LogP contribution < -0.4 is 15.4 Å². The van der Waals surface area contributed by atoms with Crippen LogP contribution in [0.25, 0.3) is 0 Å². The minimum absolute atomic E-state index is 0.0601. The number of rotatable bonds is 11. The summed E-state index contributed by atoms with van der Waals surface area (Å²) in [5, 5.41) is 6.12. The van der Waals surface area contributed by atoms with Crippen molar-refractivity contribution in [2.75, 3.05) is 38.0 Å². The van der Waals surface area contributed by atoms with Crippen molar-refractivity contribution in [3.63, 3.8) is 0 Å². The molecule has 1 aliphatic carbocycles. The van der Waals surface area contributed by atoms with Crippen LogP contribution in [0.4, 0.5) is 11.4 Å². The van der Waals surface area contributed by atoms with Crippen LogP contribution in [0, 0.1) is 5.92 Å². The number of thioether (sulfide) groups is 1. The lowest BCUT2D eigenvalue weighted by molar-refractivity contribution is -0.137. The van der Waals surface area contributed by atoms with Crippen molar-refractivity contribution >= 4 is 40.9 Å². The number of benzene rings is 2. The third-order valence-electron chi connectivity index (χ3n) is 6.28. The number of ether oxygens (including phenoxy) is 2. The van der Waals surface area contributed by atoms with E-state index in [1.807, 2.05) is 24.3 Å². The predicted molar refractivity (Wildman–Crippen MR) is 140 cm³/mol. The van der Waals surface area contributed by atoms with Gasteiger partial charge >= 0.3 is 0 Å². The Kier molecular flexibility index (Phi) is 8.66. The maximum atomic E-state index is 13.2. The van der Waals surface area contributed by atoms with E-state index in [0.29, 0.717) is 29.4 Å². The van der Waals surface area contributed by atoms with Crippen LogP contribution >= 0.6 is 11.8 Å². The average Bonchev–Trinajstić information content (AvgIpc) is 3.51. The van der Waals surface area contributed by atoms with Gasteiger partial charge in [-0.3, -0.25) is 19.3 Å². The van der Waals surface area contributed by atoms with E-state index in [9.17, 15) is 14.4 Å². The topological polar surface area (TPSA) is 97.0 Å². The summed E-state index contributed by atoms with van der Waals surface area (Å²) in [5.74, 6) is 0.136. The maximum absolute atomic E-state index is 13.2. The molecule has 1 fully saturated rings. The van der Waals surface area contributed by atoms with Crippen molar-refractivity contribution in [3.05, 3.63) is 59.1 Å². The number of carbonyl (C=O) groups excluding carboxylic acids is 3. The number of hydrogen-bond donors (Lipinski definition) is 2. The van der Waals surface area contributed by atoms with Crippen molar-refractivity contribution in [3.8, 4) is 5.75 Å². The van der Waals surface area contributed by atoms with Gasteiger partial charge in [-0.2, -0.15) is 0 Å². The first-order chi connectivity index (χ1) is 17.5. The van der Waals surface area contributed by atoms with E-state index in [-0.39, 0.29) is 35.9 Å². The monoisotopic (exact) mass is 509 g/mol. The summed E-state index contributed by atoms with van der Waals surface area (Å²) >= 11 is 1.23. The van der Waals surface area contributed by atoms with E-state index in [0.717, 1.165) is 36.3 Å². The highest BCUT2D eigenvalue weighted by atomic mass is 32.2. The Morgan fingerprint density at radius 3 is 2.28 bits per heavy atom. The molecule has 0 unspecified atom stereocenters. The molecule has 1 heterocycles. The highest BCUT2D eigenvalue weighted by Crippen LogP contribution is 2.36. The number of anilines is 2. The highest BCUT2D eigenvalue weighted by molar-refractivity contribution is 8.04. The Balaban J connectivity index is 1.51. The van der Waals surface area contributed by atoms with Crippen molar-refractivity contribution in [2.24, 2.45) is 5.92 Å². The molecule has 8 nitrogen and oxygen atoms in total. The van der Waals surface area contributed by atoms with Crippen LogP contribution in [0.5, 0.6) is 5.75 Å². The van der Waals surface area contributed by atoms with Gasteiger partial charge in [0.25, 0.3) is 11.8 Å². The van der Waals surface area contributed by atoms with Gasteiger partial charge in [0.1, 0.15) is 16.4 Å². The summed E-state index contributed by atoms with van der Waals surface area (Å²) in [6, 6.07) is 14.5. The fourth-order valence-corrected chi connectivity index (χ4v) is 5.25. The third kappa shape index (κ3) is 6.09. The quantitative estimate of drug-likeness (QED) is 0.336. The number of nitrogens with one attached hydrogen (secondary N) is 2. The van der Waals surface area contributed by atoms with Gasteiger partial charge in [-0.05, 0) is 67.8 Å². The summed E-state index contributed by atoms with van der Waals surface area (Å²) in [5.41, 5.74) is 1.64. The lowest BCUT2D eigenvalue weighted by Crippen LogP contribution is -2.33. The van der Waals surface area contributed by atoms with Gasteiger partial charge in [0.05, 0.1) is 7.11 Å². The fourth-order valence-electron chi connectivity index (χ4n) is 4.30. The van der Waals surface area contributed by atoms with Crippen molar-refractivity contribution in [1.29, 1.82) is 0 Å². The molecule has 0 radical (unpaired) electrons. The molecule has 2 aromatic carbocycles. The minimum atomic E-state index is -0.366. The van der Waals surface area contributed by atoms with E-state index >= 15 is 0 Å². The number of hydrogen-bond acceptors (Lipinski definition) is 7. The second-order valence-corrected chi connectivity index (χ2v) is 9.85. The molecule has 9 heteroatoms. The molecule has 0 spiro atoms. The number of amides is 3. The molecule has 2 aliphatic rings. The van der Waals surface area contributed by atoms with E-state index in [1.165, 1.54) is 16.7 Å². The molecule has 2 N–H and O–H groups in total. The van der Waals surface area contributed by atoms with Crippen LogP contribution in [0.2, 0.25) is 0 Å². The van der Waals surface area contributed by atoms with Crippen molar-refractivity contribution in [2.45, 2.75) is 37.0 Å². The number of imide groups is 1. The molecular weight excluding hydrogens is 478 g/mol. The van der Waals surface area contributed by atoms with Gasteiger partial charge < -0.3 is 20.1 Å². The van der Waals surface area contributed by atoms with Gasteiger partial charge in [0.15, 0.2) is 0 Å². The molecule has 190 valence electrons. The number of carbonyl (C=O) groups is 3. The molecule has 0 bridgehead atoms. The molecule has 0 aromatic heterocycles. The number of nitrogens with zero attached hydrogens (tertiary/aromatic N) is 1. The van der Waals surface area contributed by atoms with Gasteiger partial charge in [-0.1, -0.05) is 24.6 Å². The first-order valence-electron chi connectivity index (χ1n) is 12.1. The molecule has 1 saturated carbocycles. The molecule has 4 rings (SSSR count). The molecule has 3 amide bonds. The van der Waals surface area contributed by atoms with Crippen LogP contribution in [0.15, 0.2) is 64.0 Å². The Hall–Kier alpha value is -3.30. The SMILES string of the molecule is COCCCN1C(=O)C(Nc2ccc(OC)cc2)=C(Sc2ccc(NC(=O)C3CCCC3)cc2)C1=O. The molecule has 0 saturated heterocycles. The van der Waals surface area contributed by atoms with Gasteiger partial charge in [-0.15, -0.1) is 0 Å². The second-order valence-electron chi connectivity index (χ2n) is 8.76. The smallest absolute Gasteiger partial charge is 0.278 e. The lowest BCUT2D eigenvalue weighted by Gasteiger charge is -2.14. The van der Waals surface area contributed by atoms with Gasteiger partial charge in [0.2, 0.25) is 5.91 Å². The van der Waals surface area contributed by atoms with Crippen LogP contribution in [0.1, 0.15) is 32.1 Å². The Morgan fingerprint density at radius 2 is 1.64 bits per heavy atom. The highest BCUT2D eigenvalue weighted by Gasteiger charge is 2.38. The van der Waals surface area contributed by atoms with Crippen LogP contribution in [0.3, 0.4) is 0 Å². The van der Waals surface area contributed by atoms with E-state index in [4.69, 9.17) is 9.47 Å². The molecule has 36 heavy (non-hydrogen) atoms. The first-order valence-corrected chi connectivity index (χ1v) is 12.9. The predicted octanol–water partition coefficient (Wildman–Crippen LogP) is 4.65. The summed E-state index contributed by atoms with van der Waals surface area (Å²) in [4.78, 5) is 41.2. The van der Waals surface area contributed by atoms with E-state index in [2.05, 4.69) is 10.6 Å². The zero-order valence-electron chi connectivity index (χ0n) is 20.5. The summed E-state index contributed by atoms with van der Waals surface area (Å²) in [7, 11) is 3.17. The average molecular weight is 510 g/mol. The first kappa shape index (κ1) is 25.8. The Morgan fingerprint density at radius 1 is 0.972 bits per heavy atom. The lowest BCUT2D eigenvalue weighted by atomic mass is 10.1. The molecule has 1 aliphatic heterocycles. The second kappa shape index (κ2) is 12.1. The van der Waals surface area contributed by atoms with Gasteiger partial charge in [0, 0.05) is 42.4 Å². The van der Waals surface area contributed by atoms with Crippen LogP contribution in [-0.2, 0) is 19.1 Å². The summed E-state index contributed by atoms with van der Waals surface area (Å²) in [6.07, 6.45) is 4.64. The third-order valence-corrected chi connectivity index (χ3v) is 7.37. The molecular formula is C27H31N3O5S.